The number of hydrogen-bond acceptors (Lipinski definition) is 7. The Morgan fingerprint density at radius 3 is 2.42 bits per heavy atom. The number of methoxy groups -OCH3 is 1. The van der Waals surface area contributed by atoms with Crippen molar-refractivity contribution >= 4 is 46.9 Å². The molecule has 3 aromatic rings. The summed E-state index contributed by atoms with van der Waals surface area (Å²) in [6.45, 7) is 4.21. The topological polar surface area (TPSA) is 128 Å². The van der Waals surface area contributed by atoms with Gasteiger partial charge in [-0.3, -0.25) is 25.0 Å². The molecule has 1 N–H and O–H groups in total. The number of ether oxygens (including phenoxy) is 2. The van der Waals surface area contributed by atoms with E-state index in [1.807, 2.05) is 26.0 Å². The summed E-state index contributed by atoms with van der Waals surface area (Å²) in [5.41, 5.74) is 2.70. The summed E-state index contributed by atoms with van der Waals surface area (Å²) in [7, 11) is 1.42. The molecule has 38 heavy (non-hydrogen) atoms. The van der Waals surface area contributed by atoms with Gasteiger partial charge in [-0.05, 0) is 49.2 Å². The number of carbonyl (C=O) groups excluding carboxylic acids is 3. The van der Waals surface area contributed by atoms with Crippen LogP contribution < -0.4 is 19.7 Å². The molecule has 4 amide bonds. The Balaban J connectivity index is 1.65. The van der Waals surface area contributed by atoms with E-state index in [0.29, 0.717) is 10.5 Å². The van der Waals surface area contributed by atoms with Crippen molar-refractivity contribution in [2.45, 2.75) is 20.5 Å². The van der Waals surface area contributed by atoms with E-state index < -0.39 is 22.8 Å². The molecular weight excluding hydrogens is 514 g/mol. The molecule has 194 valence electrons. The number of rotatable bonds is 7. The number of imide groups is 2. The Morgan fingerprint density at radius 2 is 1.76 bits per heavy atom. The van der Waals surface area contributed by atoms with E-state index in [0.717, 1.165) is 22.8 Å². The third-order valence-electron chi connectivity index (χ3n) is 5.63. The number of barbiturate groups is 1. The fourth-order valence-corrected chi connectivity index (χ4v) is 4.35. The second kappa shape index (κ2) is 10.7. The van der Waals surface area contributed by atoms with E-state index in [-0.39, 0.29) is 40.1 Å². The summed E-state index contributed by atoms with van der Waals surface area (Å²) in [4.78, 5) is 49.3. The molecule has 0 aromatic heterocycles. The van der Waals surface area contributed by atoms with Gasteiger partial charge in [-0.25, -0.2) is 9.69 Å². The number of nitro benzene ring substituents is 1. The lowest BCUT2D eigenvalue weighted by Gasteiger charge is -2.26. The summed E-state index contributed by atoms with van der Waals surface area (Å²) >= 11 is 6.48. The highest BCUT2D eigenvalue weighted by atomic mass is 35.5. The number of non-ortho nitro benzene ring substituents is 1. The molecule has 1 fully saturated rings. The van der Waals surface area contributed by atoms with Gasteiger partial charge >= 0.3 is 6.03 Å². The van der Waals surface area contributed by atoms with Crippen LogP contribution in [-0.4, -0.2) is 29.9 Å². The standard InChI is InChI=1S/C27H22ClN3O7/c1-15-7-16(2)9-18(8-15)14-38-24-22(28)11-17(12-23(24)37-3)10-21-25(32)29-27(34)30(26(21)33)19-5-4-6-20(13-19)31(35)36/h4-13H,14H2,1-3H3,(H,29,32,34)/b21-10+. The number of carbonyl (C=O) groups is 3. The van der Waals surface area contributed by atoms with Gasteiger partial charge in [-0.15, -0.1) is 0 Å². The first kappa shape index (κ1) is 26.4. The van der Waals surface area contributed by atoms with E-state index in [2.05, 4.69) is 11.4 Å². The lowest BCUT2D eigenvalue weighted by atomic mass is 10.1. The van der Waals surface area contributed by atoms with Crippen LogP contribution >= 0.6 is 11.6 Å². The monoisotopic (exact) mass is 535 g/mol. The SMILES string of the molecule is COc1cc(/C=C2\C(=O)NC(=O)N(c3cccc([N+](=O)[O-])c3)C2=O)cc(Cl)c1OCc1cc(C)cc(C)c1. The van der Waals surface area contributed by atoms with Crippen LogP contribution in [0.4, 0.5) is 16.2 Å². The zero-order chi connectivity index (χ0) is 27.6. The molecule has 1 aliphatic rings. The van der Waals surface area contributed by atoms with Crippen LogP contribution in [0.15, 0.2) is 60.2 Å². The zero-order valence-electron chi connectivity index (χ0n) is 20.6. The minimum Gasteiger partial charge on any atom is -0.493 e. The van der Waals surface area contributed by atoms with E-state index in [9.17, 15) is 24.5 Å². The van der Waals surface area contributed by atoms with E-state index >= 15 is 0 Å². The van der Waals surface area contributed by atoms with Crippen LogP contribution in [0.1, 0.15) is 22.3 Å². The molecule has 1 saturated heterocycles. The number of urea groups is 1. The summed E-state index contributed by atoms with van der Waals surface area (Å²) in [6, 6.07) is 13.0. The first-order valence-corrected chi connectivity index (χ1v) is 11.7. The number of anilines is 1. The molecular formula is C27H22ClN3O7. The summed E-state index contributed by atoms with van der Waals surface area (Å²) in [6.07, 6.45) is 1.25. The molecule has 0 saturated carbocycles. The van der Waals surface area contributed by atoms with E-state index in [4.69, 9.17) is 21.1 Å². The first-order chi connectivity index (χ1) is 18.1. The third kappa shape index (κ3) is 5.50. The van der Waals surface area contributed by atoms with Gasteiger partial charge in [0.05, 0.1) is 22.7 Å². The fourth-order valence-electron chi connectivity index (χ4n) is 4.08. The Kier molecular flexibility index (Phi) is 7.45. The van der Waals surface area contributed by atoms with Crippen LogP contribution in [0.2, 0.25) is 5.02 Å². The minimum atomic E-state index is -1.02. The highest BCUT2D eigenvalue weighted by Crippen LogP contribution is 2.38. The van der Waals surface area contributed by atoms with Crippen molar-refractivity contribution in [3.05, 3.63) is 97.6 Å². The van der Waals surface area contributed by atoms with Crippen molar-refractivity contribution in [1.82, 2.24) is 5.32 Å². The average molecular weight is 536 g/mol. The van der Waals surface area contributed by atoms with Crippen molar-refractivity contribution in [3.63, 3.8) is 0 Å². The fraction of sp³-hybridized carbons (Fsp3) is 0.148. The van der Waals surface area contributed by atoms with Gasteiger partial charge in [0, 0.05) is 12.1 Å². The molecule has 0 atom stereocenters. The molecule has 4 rings (SSSR count). The average Bonchev–Trinajstić information content (AvgIpc) is 2.85. The van der Waals surface area contributed by atoms with E-state index in [1.165, 1.54) is 43.5 Å². The molecule has 0 spiro atoms. The molecule has 0 bridgehead atoms. The smallest absolute Gasteiger partial charge is 0.335 e. The number of nitrogens with one attached hydrogen (secondary N) is 1. The number of aryl methyl sites for hydroxylation is 2. The van der Waals surface area contributed by atoms with Crippen molar-refractivity contribution in [3.8, 4) is 11.5 Å². The summed E-state index contributed by atoms with van der Waals surface area (Å²) in [5, 5.41) is 13.4. The number of nitrogens with zero attached hydrogens (tertiary/aromatic N) is 2. The Bertz CT molecular complexity index is 1500. The number of amides is 4. The quantitative estimate of drug-likeness (QED) is 0.192. The molecule has 10 nitrogen and oxygen atoms in total. The zero-order valence-corrected chi connectivity index (χ0v) is 21.4. The van der Waals surface area contributed by atoms with Crippen molar-refractivity contribution < 1.29 is 28.8 Å². The molecule has 0 aliphatic carbocycles. The lowest BCUT2D eigenvalue weighted by molar-refractivity contribution is -0.384. The summed E-state index contributed by atoms with van der Waals surface area (Å²) < 4.78 is 11.4. The lowest BCUT2D eigenvalue weighted by Crippen LogP contribution is -2.54. The normalized spacial score (nSPS) is 14.5. The molecule has 1 heterocycles. The predicted molar refractivity (Wildman–Crippen MR) is 140 cm³/mol. The van der Waals surface area contributed by atoms with Gasteiger partial charge in [0.15, 0.2) is 11.5 Å². The minimum absolute atomic E-state index is 0.0640. The maximum atomic E-state index is 13.2. The third-order valence-corrected chi connectivity index (χ3v) is 5.91. The van der Waals surface area contributed by atoms with Gasteiger partial charge in [0.1, 0.15) is 12.2 Å². The van der Waals surface area contributed by atoms with Crippen LogP contribution in [0, 0.1) is 24.0 Å². The second-order valence-electron chi connectivity index (χ2n) is 8.55. The van der Waals surface area contributed by atoms with Crippen LogP contribution in [0.5, 0.6) is 11.5 Å². The van der Waals surface area contributed by atoms with Gasteiger partial charge in [-0.1, -0.05) is 47.0 Å². The predicted octanol–water partition coefficient (Wildman–Crippen LogP) is 5.12. The van der Waals surface area contributed by atoms with Gasteiger partial charge in [-0.2, -0.15) is 0 Å². The second-order valence-corrected chi connectivity index (χ2v) is 8.96. The molecule has 0 radical (unpaired) electrons. The van der Waals surface area contributed by atoms with Crippen molar-refractivity contribution in [2.24, 2.45) is 0 Å². The maximum absolute atomic E-state index is 13.2. The number of nitro groups is 1. The molecule has 11 heteroatoms. The first-order valence-electron chi connectivity index (χ1n) is 11.3. The van der Waals surface area contributed by atoms with Gasteiger partial charge < -0.3 is 9.47 Å². The number of halogens is 1. The van der Waals surface area contributed by atoms with Crippen molar-refractivity contribution in [1.29, 1.82) is 0 Å². The highest BCUT2D eigenvalue weighted by Gasteiger charge is 2.37. The van der Waals surface area contributed by atoms with E-state index in [1.54, 1.807) is 0 Å². The molecule has 3 aromatic carbocycles. The summed E-state index contributed by atoms with van der Waals surface area (Å²) in [5.74, 6) is -1.33. The van der Waals surface area contributed by atoms with Crippen LogP contribution in [-0.2, 0) is 16.2 Å². The van der Waals surface area contributed by atoms with Crippen LogP contribution in [0.3, 0.4) is 0 Å². The Labute approximate surface area is 222 Å². The number of benzene rings is 3. The molecule has 1 aliphatic heterocycles. The van der Waals surface area contributed by atoms with Crippen LogP contribution in [0.25, 0.3) is 6.08 Å². The largest absolute Gasteiger partial charge is 0.493 e. The van der Waals surface area contributed by atoms with Gasteiger partial charge in [0.25, 0.3) is 17.5 Å². The maximum Gasteiger partial charge on any atom is 0.335 e. The Morgan fingerprint density at radius 1 is 1.05 bits per heavy atom. The number of hydrogen-bond donors (Lipinski definition) is 1. The van der Waals surface area contributed by atoms with Crippen molar-refractivity contribution in [2.75, 3.05) is 12.0 Å². The molecule has 0 unspecified atom stereocenters. The Hall–Kier alpha value is -4.70. The van der Waals surface area contributed by atoms with Gasteiger partial charge in [0.2, 0.25) is 0 Å². The highest BCUT2D eigenvalue weighted by molar-refractivity contribution is 6.39.